The first-order valence-electron chi connectivity index (χ1n) is 6.73. The first kappa shape index (κ1) is 17.8. The summed E-state index contributed by atoms with van der Waals surface area (Å²) in [5, 5.41) is 6.79. The molecule has 2 N–H and O–H groups in total. The fourth-order valence-corrected chi connectivity index (χ4v) is 2.05. The largest absolute Gasteiger partial charge is 0.497 e. The SMILES string of the molecule is COc1ccc(NC(=O)C(=O)N/N=C\c2cccc(Cl)c2Cl)cc1. The number of nitrogens with zero attached hydrogens (tertiary/aromatic N) is 1. The monoisotopic (exact) mass is 365 g/mol. The number of amides is 2. The van der Waals surface area contributed by atoms with Crippen LogP contribution in [0.4, 0.5) is 5.69 Å². The van der Waals surface area contributed by atoms with E-state index < -0.39 is 11.8 Å². The minimum absolute atomic E-state index is 0.305. The minimum Gasteiger partial charge on any atom is -0.497 e. The van der Waals surface area contributed by atoms with Gasteiger partial charge in [0.05, 0.1) is 23.4 Å². The van der Waals surface area contributed by atoms with Crippen LogP contribution in [0, 0.1) is 0 Å². The normalized spacial score (nSPS) is 10.5. The average molecular weight is 366 g/mol. The second-order valence-corrected chi connectivity index (χ2v) is 5.31. The number of rotatable bonds is 4. The third-order valence-corrected chi connectivity index (χ3v) is 3.74. The number of hydrazone groups is 1. The molecule has 124 valence electrons. The highest BCUT2D eigenvalue weighted by atomic mass is 35.5. The van der Waals surface area contributed by atoms with Gasteiger partial charge >= 0.3 is 11.8 Å². The lowest BCUT2D eigenvalue weighted by Gasteiger charge is -2.05. The Labute approximate surface area is 148 Å². The van der Waals surface area contributed by atoms with Gasteiger partial charge in [-0.15, -0.1) is 0 Å². The van der Waals surface area contributed by atoms with Crippen LogP contribution in [0.1, 0.15) is 5.56 Å². The molecule has 0 unspecified atom stereocenters. The Bertz CT molecular complexity index is 777. The molecule has 0 heterocycles. The van der Waals surface area contributed by atoms with Crippen LogP contribution in [0.2, 0.25) is 10.0 Å². The van der Waals surface area contributed by atoms with Crippen molar-refractivity contribution in [1.82, 2.24) is 5.43 Å². The first-order chi connectivity index (χ1) is 11.5. The number of hydrogen-bond acceptors (Lipinski definition) is 4. The molecular weight excluding hydrogens is 353 g/mol. The van der Waals surface area contributed by atoms with Crippen LogP contribution in [0.15, 0.2) is 47.6 Å². The van der Waals surface area contributed by atoms with Crippen molar-refractivity contribution in [2.24, 2.45) is 5.10 Å². The second kappa shape index (κ2) is 8.33. The summed E-state index contributed by atoms with van der Waals surface area (Å²) in [5.41, 5.74) is 3.08. The maximum atomic E-state index is 11.8. The molecule has 0 aliphatic heterocycles. The van der Waals surface area contributed by atoms with Crippen molar-refractivity contribution in [2.75, 3.05) is 12.4 Å². The molecule has 0 radical (unpaired) electrons. The van der Waals surface area contributed by atoms with Gasteiger partial charge in [-0.1, -0.05) is 35.3 Å². The van der Waals surface area contributed by atoms with Crippen LogP contribution in [0.25, 0.3) is 0 Å². The number of anilines is 1. The molecule has 2 amide bonds. The summed E-state index contributed by atoms with van der Waals surface area (Å²) in [7, 11) is 1.53. The molecule has 24 heavy (non-hydrogen) atoms. The van der Waals surface area contributed by atoms with E-state index in [4.69, 9.17) is 27.9 Å². The number of ether oxygens (including phenoxy) is 1. The van der Waals surface area contributed by atoms with Crippen molar-refractivity contribution in [3.63, 3.8) is 0 Å². The van der Waals surface area contributed by atoms with Crippen LogP contribution in [0.5, 0.6) is 5.75 Å². The van der Waals surface area contributed by atoms with Gasteiger partial charge in [0.15, 0.2) is 0 Å². The van der Waals surface area contributed by atoms with Crippen LogP contribution in [0.3, 0.4) is 0 Å². The standard InChI is InChI=1S/C16H13Cl2N3O3/c1-24-12-7-5-11(6-8-12)20-15(22)16(23)21-19-9-10-3-2-4-13(17)14(10)18/h2-9H,1H3,(H,20,22)(H,21,23)/b19-9-. The Morgan fingerprint density at radius 3 is 2.46 bits per heavy atom. The molecule has 0 saturated carbocycles. The Hall–Kier alpha value is -2.57. The summed E-state index contributed by atoms with van der Waals surface area (Å²) >= 11 is 11.8. The molecule has 2 aromatic carbocycles. The summed E-state index contributed by atoms with van der Waals surface area (Å²) in [6.07, 6.45) is 1.30. The highest BCUT2D eigenvalue weighted by Crippen LogP contribution is 2.24. The van der Waals surface area contributed by atoms with Crippen LogP contribution >= 0.6 is 23.2 Å². The molecule has 0 atom stereocenters. The zero-order valence-corrected chi connectivity index (χ0v) is 14.1. The smallest absolute Gasteiger partial charge is 0.329 e. The summed E-state index contributed by atoms with van der Waals surface area (Å²) in [4.78, 5) is 23.4. The van der Waals surface area contributed by atoms with E-state index in [1.54, 1.807) is 42.5 Å². The first-order valence-corrected chi connectivity index (χ1v) is 7.49. The van der Waals surface area contributed by atoms with Gasteiger partial charge in [-0.05, 0) is 30.3 Å². The van der Waals surface area contributed by atoms with Crippen molar-refractivity contribution in [3.8, 4) is 5.75 Å². The molecule has 2 aromatic rings. The summed E-state index contributed by atoms with van der Waals surface area (Å²) in [6.45, 7) is 0. The Morgan fingerprint density at radius 1 is 1.08 bits per heavy atom. The second-order valence-electron chi connectivity index (χ2n) is 4.52. The fourth-order valence-electron chi connectivity index (χ4n) is 1.69. The predicted octanol–water partition coefficient (Wildman–Crippen LogP) is 3.09. The zero-order chi connectivity index (χ0) is 17.5. The van der Waals surface area contributed by atoms with Gasteiger partial charge in [-0.25, -0.2) is 5.43 Å². The van der Waals surface area contributed by atoms with E-state index in [2.05, 4.69) is 15.8 Å². The minimum atomic E-state index is -0.916. The number of benzene rings is 2. The van der Waals surface area contributed by atoms with Crippen molar-refractivity contribution >= 4 is 46.9 Å². The summed E-state index contributed by atoms with van der Waals surface area (Å²) < 4.78 is 5.00. The molecule has 8 heteroatoms. The number of halogens is 2. The number of hydrogen-bond donors (Lipinski definition) is 2. The molecule has 0 aromatic heterocycles. The van der Waals surface area contributed by atoms with Crippen molar-refractivity contribution in [1.29, 1.82) is 0 Å². The summed E-state index contributed by atoms with van der Waals surface area (Å²) in [5.74, 6) is -1.13. The Balaban J connectivity index is 1.92. The zero-order valence-electron chi connectivity index (χ0n) is 12.5. The van der Waals surface area contributed by atoms with Crippen LogP contribution in [-0.2, 0) is 9.59 Å². The number of methoxy groups -OCH3 is 1. The maximum absolute atomic E-state index is 11.8. The van der Waals surface area contributed by atoms with E-state index in [1.165, 1.54) is 13.3 Å². The van der Waals surface area contributed by atoms with Gasteiger partial charge in [0.1, 0.15) is 5.75 Å². The van der Waals surface area contributed by atoms with Gasteiger partial charge < -0.3 is 10.1 Å². The van der Waals surface area contributed by atoms with Crippen molar-refractivity contribution < 1.29 is 14.3 Å². The molecule has 0 aliphatic rings. The third-order valence-electron chi connectivity index (χ3n) is 2.91. The van der Waals surface area contributed by atoms with Crippen LogP contribution < -0.4 is 15.5 Å². The Morgan fingerprint density at radius 2 is 1.79 bits per heavy atom. The topological polar surface area (TPSA) is 79.8 Å². The lowest BCUT2D eigenvalue weighted by atomic mass is 10.2. The van der Waals surface area contributed by atoms with Gasteiger partial charge in [-0.3, -0.25) is 9.59 Å². The van der Waals surface area contributed by atoms with E-state index in [-0.39, 0.29) is 0 Å². The highest BCUT2D eigenvalue weighted by Gasteiger charge is 2.13. The molecule has 0 bridgehead atoms. The molecule has 6 nitrogen and oxygen atoms in total. The molecule has 0 spiro atoms. The van der Waals surface area contributed by atoms with Crippen molar-refractivity contribution in [3.05, 3.63) is 58.1 Å². The number of nitrogens with one attached hydrogen (secondary N) is 2. The fraction of sp³-hybridized carbons (Fsp3) is 0.0625. The van der Waals surface area contributed by atoms with Gasteiger partial charge in [0.2, 0.25) is 0 Å². The molecule has 2 rings (SSSR count). The van der Waals surface area contributed by atoms with E-state index >= 15 is 0 Å². The van der Waals surface area contributed by atoms with Gasteiger partial charge in [-0.2, -0.15) is 5.10 Å². The molecule has 0 saturated heterocycles. The third kappa shape index (κ3) is 4.71. The highest BCUT2D eigenvalue weighted by molar-refractivity contribution is 6.43. The van der Waals surface area contributed by atoms with Gasteiger partial charge in [0, 0.05) is 11.3 Å². The molecule has 0 aliphatic carbocycles. The van der Waals surface area contributed by atoms with Gasteiger partial charge in [0.25, 0.3) is 0 Å². The summed E-state index contributed by atoms with van der Waals surface area (Å²) in [6, 6.07) is 11.5. The number of carbonyl (C=O) groups is 2. The average Bonchev–Trinajstić information content (AvgIpc) is 2.59. The Kier molecular flexibility index (Phi) is 6.17. The quantitative estimate of drug-likeness (QED) is 0.496. The predicted molar refractivity (Wildman–Crippen MR) is 93.8 cm³/mol. The van der Waals surface area contributed by atoms with E-state index in [1.807, 2.05) is 0 Å². The molecular formula is C16H13Cl2N3O3. The lowest BCUT2D eigenvalue weighted by molar-refractivity contribution is -0.136. The molecule has 0 fully saturated rings. The van der Waals surface area contributed by atoms with E-state index in [0.29, 0.717) is 27.0 Å². The lowest BCUT2D eigenvalue weighted by Crippen LogP contribution is -2.32. The van der Waals surface area contributed by atoms with E-state index in [0.717, 1.165) is 0 Å². The maximum Gasteiger partial charge on any atom is 0.329 e. The van der Waals surface area contributed by atoms with Crippen LogP contribution in [-0.4, -0.2) is 25.1 Å². The number of carbonyl (C=O) groups excluding carboxylic acids is 2. The van der Waals surface area contributed by atoms with E-state index in [9.17, 15) is 9.59 Å². The van der Waals surface area contributed by atoms with Crippen molar-refractivity contribution in [2.45, 2.75) is 0 Å².